The summed E-state index contributed by atoms with van der Waals surface area (Å²) in [4.78, 5) is 16.8. The summed E-state index contributed by atoms with van der Waals surface area (Å²) >= 11 is 0. The number of nitrogens with zero attached hydrogens (tertiary/aromatic N) is 1. The van der Waals surface area contributed by atoms with Gasteiger partial charge in [0.25, 0.3) is 0 Å². The highest BCUT2D eigenvalue weighted by molar-refractivity contribution is 6.02. The lowest BCUT2D eigenvalue weighted by molar-refractivity contribution is -0.116. The summed E-state index contributed by atoms with van der Waals surface area (Å²) in [7, 11) is 0. The number of carbonyl (C=O) groups excluding carboxylic acids is 1. The molecule has 4 rings (SSSR count). The standard InChI is InChI=1S/C29H30N2O3/c1-6-33-28-21(5)29-25(26(17-34-29)23-10-9-18(2)12-19(23)3)14-24(28)20(4)13-27(32)31-16-22-8-7-11-30-15-22/h7-15,17H,6,16H2,1-5H3,(H,31,32)/b20-13+. The van der Waals surface area contributed by atoms with E-state index in [4.69, 9.17) is 9.15 Å². The molecule has 2 heterocycles. The van der Waals surface area contributed by atoms with E-state index in [9.17, 15) is 4.79 Å². The molecule has 0 bridgehead atoms. The third-order valence-electron chi connectivity index (χ3n) is 5.97. The van der Waals surface area contributed by atoms with Crippen LogP contribution in [0.25, 0.3) is 27.7 Å². The van der Waals surface area contributed by atoms with Crippen molar-refractivity contribution in [2.75, 3.05) is 6.61 Å². The fourth-order valence-electron chi connectivity index (χ4n) is 4.28. The zero-order valence-electron chi connectivity index (χ0n) is 20.4. The minimum Gasteiger partial charge on any atom is -0.493 e. The summed E-state index contributed by atoms with van der Waals surface area (Å²) in [6, 6.07) is 12.3. The maximum atomic E-state index is 12.7. The van der Waals surface area contributed by atoms with Crippen molar-refractivity contribution in [2.24, 2.45) is 0 Å². The molecule has 174 valence electrons. The molecule has 0 unspecified atom stereocenters. The Morgan fingerprint density at radius 1 is 1.15 bits per heavy atom. The van der Waals surface area contributed by atoms with E-state index < -0.39 is 0 Å². The lowest BCUT2D eigenvalue weighted by Gasteiger charge is -2.15. The highest BCUT2D eigenvalue weighted by Crippen LogP contribution is 2.41. The topological polar surface area (TPSA) is 64.4 Å². The van der Waals surface area contributed by atoms with Crippen LogP contribution in [0.2, 0.25) is 0 Å². The molecule has 5 nitrogen and oxygen atoms in total. The third-order valence-corrected chi connectivity index (χ3v) is 5.97. The van der Waals surface area contributed by atoms with Gasteiger partial charge in [-0.05, 0) is 69.0 Å². The quantitative estimate of drug-likeness (QED) is 0.322. The van der Waals surface area contributed by atoms with Crippen LogP contribution < -0.4 is 10.1 Å². The highest BCUT2D eigenvalue weighted by atomic mass is 16.5. The van der Waals surface area contributed by atoms with Gasteiger partial charge in [0, 0.05) is 47.1 Å². The lowest BCUT2D eigenvalue weighted by Crippen LogP contribution is -2.20. The molecule has 5 heteroatoms. The average molecular weight is 455 g/mol. The summed E-state index contributed by atoms with van der Waals surface area (Å²) in [6.07, 6.45) is 6.89. The molecule has 0 aliphatic rings. The Labute approximate surface area is 200 Å². The van der Waals surface area contributed by atoms with Crippen LogP contribution in [0.1, 0.15) is 41.7 Å². The Kier molecular flexibility index (Phi) is 6.82. The minimum absolute atomic E-state index is 0.164. The first kappa shape index (κ1) is 23.3. The molecule has 1 N–H and O–H groups in total. The van der Waals surface area contributed by atoms with Gasteiger partial charge < -0.3 is 14.5 Å². The van der Waals surface area contributed by atoms with Crippen molar-refractivity contribution in [3.63, 3.8) is 0 Å². The number of ether oxygens (including phenoxy) is 1. The Morgan fingerprint density at radius 3 is 2.68 bits per heavy atom. The fourth-order valence-corrected chi connectivity index (χ4v) is 4.28. The Morgan fingerprint density at radius 2 is 1.97 bits per heavy atom. The van der Waals surface area contributed by atoms with Crippen molar-refractivity contribution in [2.45, 2.75) is 41.2 Å². The smallest absolute Gasteiger partial charge is 0.244 e. The average Bonchev–Trinajstić information content (AvgIpc) is 3.24. The van der Waals surface area contributed by atoms with Gasteiger partial charge in [-0.25, -0.2) is 0 Å². The van der Waals surface area contributed by atoms with E-state index in [2.05, 4.69) is 48.4 Å². The largest absolute Gasteiger partial charge is 0.493 e. The van der Waals surface area contributed by atoms with Crippen LogP contribution in [-0.2, 0) is 11.3 Å². The first-order chi connectivity index (χ1) is 16.4. The Hall–Kier alpha value is -3.86. The molecule has 0 saturated carbocycles. The fraction of sp³-hybridized carbons (Fsp3) is 0.241. The van der Waals surface area contributed by atoms with Crippen LogP contribution in [-0.4, -0.2) is 17.5 Å². The number of aromatic nitrogens is 1. The SMILES string of the molecule is CCOc1c(/C(C)=C/C(=O)NCc2cccnc2)cc2c(-c3ccc(C)cc3C)coc2c1C. The number of fused-ring (bicyclic) bond motifs is 1. The van der Waals surface area contributed by atoms with Crippen LogP contribution in [0, 0.1) is 20.8 Å². The second-order valence-corrected chi connectivity index (χ2v) is 8.56. The van der Waals surface area contributed by atoms with E-state index in [-0.39, 0.29) is 5.91 Å². The van der Waals surface area contributed by atoms with Crippen molar-refractivity contribution in [3.8, 4) is 16.9 Å². The van der Waals surface area contributed by atoms with Crippen molar-refractivity contribution < 1.29 is 13.9 Å². The summed E-state index contributed by atoms with van der Waals surface area (Å²) in [6.45, 7) is 11.0. The van der Waals surface area contributed by atoms with Gasteiger partial charge in [0.1, 0.15) is 11.3 Å². The molecule has 0 atom stereocenters. The molecule has 0 saturated heterocycles. The number of pyridine rings is 1. The van der Waals surface area contributed by atoms with E-state index in [0.717, 1.165) is 50.1 Å². The van der Waals surface area contributed by atoms with Crippen molar-refractivity contribution in [1.29, 1.82) is 0 Å². The number of nitrogens with one attached hydrogen (secondary N) is 1. The van der Waals surface area contributed by atoms with Crippen molar-refractivity contribution in [1.82, 2.24) is 10.3 Å². The number of carbonyl (C=O) groups is 1. The van der Waals surface area contributed by atoms with Crippen LogP contribution in [0.4, 0.5) is 0 Å². The summed E-state index contributed by atoms with van der Waals surface area (Å²) in [5.41, 5.74) is 8.97. The van der Waals surface area contributed by atoms with Gasteiger partial charge in [0.05, 0.1) is 12.9 Å². The van der Waals surface area contributed by atoms with E-state index >= 15 is 0 Å². The number of benzene rings is 2. The summed E-state index contributed by atoms with van der Waals surface area (Å²) < 4.78 is 12.0. The summed E-state index contributed by atoms with van der Waals surface area (Å²) in [5.74, 6) is 0.577. The molecule has 2 aromatic carbocycles. The number of amides is 1. The molecule has 2 aromatic heterocycles. The molecule has 1 amide bonds. The van der Waals surface area contributed by atoms with Crippen LogP contribution in [0.5, 0.6) is 5.75 Å². The van der Waals surface area contributed by atoms with Gasteiger partial charge in [-0.1, -0.05) is 29.8 Å². The number of rotatable bonds is 7. The summed E-state index contributed by atoms with van der Waals surface area (Å²) in [5, 5.41) is 3.94. The molecule has 0 aliphatic carbocycles. The molecular formula is C29H30N2O3. The maximum absolute atomic E-state index is 12.7. The van der Waals surface area contributed by atoms with Gasteiger partial charge in [0.2, 0.25) is 5.91 Å². The number of furan rings is 1. The van der Waals surface area contributed by atoms with Crippen LogP contribution in [0.3, 0.4) is 0 Å². The van der Waals surface area contributed by atoms with Gasteiger partial charge in [0.15, 0.2) is 0 Å². The monoisotopic (exact) mass is 454 g/mol. The van der Waals surface area contributed by atoms with E-state index in [0.29, 0.717) is 13.2 Å². The maximum Gasteiger partial charge on any atom is 0.244 e. The Balaban J connectivity index is 1.74. The van der Waals surface area contributed by atoms with Crippen molar-refractivity contribution in [3.05, 3.63) is 88.9 Å². The third kappa shape index (κ3) is 4.74. The van der Waals surface area contributed by atoms with Crippen LogP contribution in [0.15, 0.2) is 65.5 Å². The van der Waals surface area contributed by atoms with Gasteiger partial charge in [-0.3, -0.25) is 9.78 Å². The number of hydrogen-bond acceptors (Lipinski definition) is 4. The predicted octanol–water partition coefficient (Wildman–Crippen LogP) is 6.54. The first-order valence-electron chi connectivity index (χ1n) is 11.5. The molecule has 0 radical (unpaired) electrons. The zero-order valence-corrected chi connectivity index (χ0v) is 20.4. The number of hydrogen-bond donors (Lipinski definition) is 1. The normalized spacial score (nSPS) is 11.6. The van der Waals surface area contributed by atoms with Gasteiger partial charge in [-0.15, -0.1) is 0 Å². The van der Waals surface area contributed by atoms with Crippen molar-refractivity contribution >= 4 is 22.4 Å². The lowest BCUT2D eigenvalue weighted by atomic mass is 9.94. The Bertz CT molecular complexity index is 1370. The molecule has 0 aliphatic heterocycles. The molecular weight excluding hydrogens is 424 g/mol. The second-order valence-electron chi connectivity index (χ2n) is 8.56. The molecule has 4 aromatic rings. The number of aryl methyl sites for hydroxylation is 3. The number of allylic oxidation sites excluding steroid dienone is 1. The van der Waals surface area contributed by atoms with E-state index in [1.807, 2.05) is 39.2 Å². The predicted molar refractivity (Wildman–Crippen MR) is 137 cm³/mol. The minimum atomic E-state index is -0.164. The van der Waals surface area contributed by atoms with E-state index in [1.54, 1.807) is 18.5 Å². The van der Waals surface area contributed by atoms with Gasteiger partial charge >= 0.3 is 0 Å². The second kappa shape index (κ2) is 9.96. The highest BCUT2D eigenvalue weighted by Gasteiger charge is 2.20. The molecule has 34 heavy (non-hydrogen) atoms. The zero-order chi connectivity index (χ0) is 24.2. The molecule has 0 spiro atoms. The molecule has 0 fully saturated rings. The van der Waals surface area contributed by atoms with Gasteiger partial charge in [-0.2, -0.15) is 0 Å². The van der Waals surface area contributed by atoms with E-state index in [1.165, 1.54) is 11.1 Å². The van der Waals surface area contributed by atoms with Crippen LogP contribution >= 0.6 is 0 Å². The first-order valence-corrected chi connectivity index (χ1v) is 11.5.